The van der Waals surface area contributed by atoms with Crippen LogP contribution >= 0.6 is 11.8 Å². The van der Waals surface area contributed by atoms with Gasteiger partial charge >= 0.3 is 5.97 Å². The second-order valence-electron chi connectivity index (χ2n) is 5.72. The van der Waals surface area contributed by atoms with Gasteiger partial charge in [-0.15, -0.1) is 11.8 Å². The fourth-order valence-electron chi connectivity index (χ4n) is 2.53. The minimum atomic E-state index is -3.87. The third kappa shape index (κ3) is 4.05. The number of fused-ring (bicyclic) bond motifs is 1. The van der Waals surface area contributed by atoms with Gasteiger partial charge in [-0.2, -0.15) is 0 Å². The van der Waals surface area contributed by atoms with Crippen LogP contribution in [-0.2, 0) is 16.6 Å². The molecule has 0 aliphatic rings. The Hall–Kier alpha value is -2.62. The highest BCUT2D eigenvalue weighted by Crippen LogP contribution is 2.17. The molecule has 0 aliphatic carbocycles. The Morgan fingerprint density at radius 2 is 1.89 bits per heavy atom. The highest BCUT2D eigenvalue weighted by atomic mass is 32.2. The minimum Gasteiger partial charge on any atom is -0.477 e. The molecule has 0 atom stereocenters. The molecule has 0 spiro atoms. The lowest BCUT2D eigenvalue weighted by molar-refractivity contribution is 0.0695. The molecule has 2 aromatic carbocycles. The topological polar surface area (TPSA) is 116 Å². The van der Waals surface area contributed by atoms with Crippen LogP contribution in [0.4, 0.5) is 0 Å². The van der Waals surface area contributed by atoms with Crippen molar-refractivity contribution in [3.8, 4) is 0 Å². The molecule has 3 rings (SSSR count). The largest absolute Gasteiger partial charge is 0.477 e. The van der Waals surface area contributed by atoms with Gasteiger partial charge in [-0.3, -0.25) is 4.79 Å². The average Bonchev–Trinajstić information content (AvgIpc) is 2.66. The summed E-state index contributed by atoms with van der Waals surface area (Å²) in [6.45, 7) is 0.0978. The predicted molar refractivity (Wildman–Crippen MR) is 104 cm³/mol. The number of rotatable bonds is 6. The quantitative estimate of drug-likeness (QED) is 0.543. The lowest BCUT2D eigenvalue weighted by Crippen LogP contribution is -2.23. The Morgan fingerprint density at radius 3 is 2.52 bits per heavy atom. The van der Waals surface area contributed by atoms with Crippen LogP contribution in [0.3, 0.4) is 0 Å². The van der Waals surface area contributed by atoms with Crippen molar-refractivity contribution >= 4 is 38.7 Å². The monoisotopic (exact) mass is 404 g/mol. The van der Waals surface area contributed by atoms with Crippen molar-refractivity contribution in [2.75, 3.05) is 6.26 Å². The number of aromatic nitrogens is 1. The Bertz CT molecular complexity index is 1170. The summed E-state index contributed by atoms with van der Waals surface area (Å²) in [6.07, 6.45) is 3.05. The Labute approximate surface area is 159 Å². The molecule has 0 saturated heterocycles. The standard InChI is InChI=1S/C18H16N2O5S2/c1-26-12-4-2-11(3-5-12)9-20-27(24,25)13-6-7-16-14(8-13)17(21)15(10-19-16)18(22)23/h2-8,10,20H,9H2,1H3,(H,19,21)(H,22,23). The van der Waals surface area contributed by atoms with Crippen LogP contribution in [-0.4, -0.2) is 30.7 Å². The maximum Gasteiger partial charge on any atom is 0.341 e. The SMILES string of the molecule is CSc1ccc(CNS(=O)(=O)c2ccc3[nH]cc(C(=O)O)c(=O)c3c2)cc1. The van der Waals surface area contributed by atoms with Crippen LogP contribution in [0.15, 0.2) is 63.2 Å². The molecule has 0 aliphatic heterocycles. The van der Waals surface area contributed by atoms with Crippen molar-refractivity contribution in [3.63, 3.8) is 0 Å². The van der Waals surface area contributed by atoms with Gasteiger partial charge in [0.2, 0.25) is 15.5 Å². The number of H-pyrrole nitrogens is 1. The molecule has 0 bridgehead atoms. The van der Waals surface area contributed by atoms with E-state index in [1.807, 2.05) is 30.5 Å². The number of carboxylic acids is 1. The van der Waals surface area contributed by atoms with Crippen LogP contribution in [0.2, 0.25) is 0 Å². The molecule has 140 valence electrons. The predicted octanol–water partition coefficient (Wildman–Crippen LogP) is 2.43. The number of pyridine rings is 1. The summed E-state index contributed by atoms with van der Waals surface area (Å²) in [5, 5.41) is 9.05. The Kier molecular flexibility index (Phi) is 5.36. The highest BCUT2D eigenvalue weighted by Gasteiger charge is 2.17. The van der Waals surface area contributed by atoms with E-state index in [2.05, 4.69) is 9.71 Å². The summed E-state index contributed by atoms with van der Waals surface area (Å²) in [4.78, 5) is 27.0. The molecule has 0 amide bonds. The van der Waals surface area contributed by atoms with Crippen LogP contribution in [0, 0.1) is 0 Å². The van der Waals surface area contributed by atoms with Gasteiger partial charge in [0.25, 0.3) is 0 Å². The van der Waals surface area contributed by atoms with Gasteiger partial charge in [0.15, 0.2) is 0 Å². The lowest BCUT2D eigenvalue weighted by atomic mass is 10.1. The Balaban J connectivity index is 1.91. The van der Waals surface area contributed by atoms with Crippen LogP contribution in [0.25, 0.3) is 10.9 Å². The van der Waals surface area contributed by atoms with Gasteiger partial charge in [0, 0.05) is 28.5 Å². The molecule has 7 nitrogen and oxygen atoms in total. The summed E-state index contributed by atoms with van der Waals surface area (Å²) >= 11 is 1.59. The number of aromatic carboxylic acids is 1. The number of carboxylic acid groups (broad SMARTS) is 1. The molecule has 9 heteroatoms. The van der Waals surface area contributed by atoms with Crippen molar-refractivity contribution in [2.24, 2.45) is 0 Å². The van der Waals surface area contributed by atoms with Crippen molar-refractivity contribution in [1.29, 1.82) is 0 Å². The number of hydrogen-bond donors (Lipinski definition) is 3. The number of thioether (sulfide) groups is 1. The zero-order valence-electron chi connectivity index (χ0n) is 14.2. The minimum absolute atomic E-state index is 0.00194. The van der Waals surface area contributed by atoms with Crippen molar-refractivity contribution in [1.82, 2.24) is 9.71 Å². The summed E-state index contributed by atoms with van der Waals surface area (Å²) in [5.41, 5.74) is -0.0281. The summed E-state index contributed by atoms with van der Waals surface area (Å²) in [6, 6.07) is 11.4. The summed E-state index contributed by atoms with van der Waals surface area (Å²) in [5.74, 6) is -1.38. The first-order valence-corrected chi connectivity index (χ1v) is 10.5. The third-order valence-corrected chi connectivity index (χ3v) is 6.16. The second kappa shape index (κ2) is 7.55. The smallest absolute Gasteiger partial charge is 0.341 e. The van der Waals surface area contributed by atoms with Gasteiger partial charge < -0.3 is 10.1 Å². The third-order valence-electron chi connectivity index (χ3n) is 4.02. The number of sulfonamides is 1. The molecule has 3 aromatic rings. The normalized spacial score (nSPS) is 11.6. The van der Waals surface area contributed by atoms with Crippen LogP contribution < -0.4 is 10.2 Å². The number of hydrogen-bond acceptors (Lipinski definition) is 5. The van der Waals surface area contributed by atoms with Gasteiger partial charge in [-0.1, -0.05) is 12.1 Å². The Morgan fingerprint density at radius 1 is 1.19 bits per heavy atom. The van der Waals surface area contributed by atoms with Gasteiger partial charge in [-0.05, 0) is 42.2 Å². The van der Waals surface area contributed by atoms with E-state index in [0.29, 0.717) is 5.52 Å². The average molecular weight is 404 g/mol. The van der Waals surface area contributed by atoms with Gasteiger partial charge in [-0.25, -0.2) is 17.9 Å². The molecule has 27 heavy (non-hydrogen) atoms. The van der Waals surface area contributed by atoms with E-state index in [4.69, 9.17) is 5.11 Å². The number of carbonyl (C=O) groups is 1. The molecule has 3 N–H and O–H groups in total. The maximum atomic E-state index is 12.6. The number of aromatic amines is 1. The summed E-state index contributed by atoms with van der Waals surface area (Å²) < 4.78 is 27.6. The van der Waals surface area contributed by atoms with Crippen molar-refractivity contribution in [2.45, 2.75) is 16.3 Å². The molecule has 0 radical (unpaired) electrons. The van der Waals surface area contributed by atoms with Crippen molar-refractivity contribution < 1.29 is 18.3 Å². The molecular weight excluding hydrogens is 388 g/mol. The highest BCUT2D eigenvalue weighted by molar-refractivity contribution is 7.98. The lowest BCUT2D eigenvalue weighted by Gasteiger charge is -2.08. The molecule has 1 aromatic heterocycles. The summed E-state index contributed by atoms with van der Waals surface area (Å²) in [7, 11) is -3.87. The fourth-order valence-corrected chi connectivity index (χ4v) is 3.98. The first-order valence-electron chi connectivity index (χ1n) is 7.83. The second-order valence-corrected chi connectivity index (χ2v) is 8.36. The van der Waals surface area contributed by atoms with E-state index in [9.17, 15) is 18.0 Å². The molecular formula is C18H16N2O5S2. The van der Waals surface area contributed by atoms with E-state index in [1.54, 1.807) is 11.8 Å². The molecule has 0 unspecified atom stereocenters. The van der Waals surface area contributed by atoms with E-state index in [-0.39, 0.29) is 16.8 Å². The van der Waals surface area contributed by atoms with E-state index >= 15 is 0 Å². The molecule has 0 fully saturated rings. The van der Waals surface area contributed by atoms with Crippen LogP contribution in [0.5, 0.6) is 0 Å². The first kappa shape index (κ1) is 19.2. The molecule has 1 heterocycles. The van der Waals surface area contributed by atoms with Crippen LogP contribution in [0.1, 0.15) is 15.9 Å². The number of nitrogens with one attached hydrogen (secondary N) is 2. The van der Waals surface area contributed by atoms with E-state index in [1.165, 1.54) is 18.2 Å². The maximum absolute atomic E-state index is 12.6. The molecule has 0 saturated carbocycles. The van der Waals surface area contributed by atoms with Gasteiger partial charge in [0.1, 0.15) is 5.56 Å². The number of benzene rings is 2. The fraction of sp³-hybridized carbons (Fsp3) is 0.111. The van der Waals surface area contributed by atoms with E-state index < -0.39 is 27.0 Å². The first-order chi connectivity index (χ1) is 12.8. The zero-order valence-corrected chi connectivity index (χ0v) is 15.9. The van der Waals surface area contributed by atoms with E-state index in [0.717, 1.165) is 16.7 Å². The van der Waals surface area contributed by atoms with Gasteiger partial charge in [0.05, 0.1) is 4.90 Å². The zero-order chi connectivity index (χ0) is 19.6. The van der Waals surface area contributed by atoms with Crippen molar-refractivity contribution in [3.05, 3.63) is 70.0 Å².